The van der Waals surface area contributed by atoms with Crippen LogP contribution in [0.25, 0.3) is 0 Å². The third kappa shape index (κ3) is 6.86. The quantitative estimate of drug-likeness (QED) is 0.125. The van der Waals surface area contributed by atoms with Crippen molar-refractivity contribution >= 4 is 38.4 Å². The Bertz CT molecular complexity index is 1410. The molecule has 1 saturated heterocycles. The van der Waals surface area contributed by atoms with Crippen LogP contribution in [0.2, 0.25) is 0 Å². The highest BCUT2D eigenvalue weighted by atomic mass is 33.1. The number of methoxy groups -OCH3 is 1. The first-order chi connectivity index (χ1) is 18.9. The van der Waals surface area contributed by atoms with Crippen molar-refractivity contribution in [3.05, 3.63) is 114 Å². The van der Waals surface area contributed by atoms with E-state index in [0.717, 1.165) is 21.3 Å². The van der Waals surface area contributed by atoms with Crippen molar-refractivity contribution < 1.29 is 28.1 Å². The molecule has 2 amide bonds. The number of nitrogens with one attached hydrogen (secondary N) is 1. The fourth-order valence-electron chi connectivity index (χ4n) is 3.81. The van der Waals surface area contributed by atoms with Gasteiger partial charge in [-0.15, -0.1) is 0 Å². The molecule has 0 saturated carbocycles. The summed E-state index contributed by atoms with van der Waals surface area (Å²) in [4.78, 5) is 40.6. The number of amides is 2. The van der Waals surface area contributed by atoms with Crippen LogP contribution >= 0.6 is 10.8 Å². The van der Waals surface area contributed by atoms with Crippen LogP contribution in [-0.4, -0.2) is 45.4 Å². The van der Waals surface area contributed by atoms with Crippen LogP contribution in [-0.2, 0) is 42.0 Å². The molecule has 1 fully saturated rings. The molecule has 4 rings (SSSR count). The number of rotatable bonds is 11. The van der Waals surface area contributed by atoms with E-state index < -0.39 is 33.1 Å². The van der Waals surface area contributed by atoms with Gasteiger partial charge < -0.3 is 14.8 Å². The number of β-lactam (4-membered cyclic amide) rings is 1. The Morgan fingerprint density at radius 3 is 2.26 bits per heavy atom. The second kappa shape index (κ2) is 13.1. The van der Waals surface area contributed by atoms with Crippen molar-refractivity contribution in [1.29, 1.82) is 0 Å². The maximum atomic E-state index is 13.2. The molecule has 1 aliphatic rings. The third-order valence-corrected chi connectivity index (χ3v) is 9.02. The Labute approximate surface area is 232 Å². The number of carbonyl (C=O) groups is 3. The second-order valence-corrected chi connectivity index (χ2v) is 11.5. The number of ether oxygens (including phenoxy) is 2. The fraction of sp³-hybridized carbons (Fsp3) is 0.172. The summed E-state index contributed by atoms with van der Waals surface area (Å²) in [6, 6.07) is 23.8. The lowest BCUT2D eigenvalue weighted by Crippen LogP contribution is -2.69. The standard InChI is InChI=1S/C29H26N2O6S2/c1-3-24(29(34)37-19-21-14-16-22(36-2)17-15-21)31-27(33)26(30-25(32)18-20-10-6-4-7-11-20)28(31)38-39(35)23-12-8-5-9-13-23/h4-17,26,28H,1,18-19H2,2H3,(H,30,32). The first kappa shape index (κ1) is 27.9. The number of hydrogen-bond donors (Lipinski definition) is 1. The lowest BCUT2D eigenvalue weighted by molar-refractivity contribution is -0.153. The van der Waals surface area contributed by atoms with Gasteiger partial charge in [0, 0.05) is 4.90 Å². The maximum Gasteiger partial charge on any atom is 0.363 e. The smallest absolute Gasteiger partial charge is 0.363 e. The molecular formula is C29H26N2O6S2. The van der Waals surface area contributed by atoms with Gasteiger partial charge in [0.2, 0.25) is 5.91 Å². The zero-order chi connectivity index (χ0) is 27.8. The highest BCUT2D eigenvalue weighted by Gasteiger charge is 2.53. The molecule has 3 aromatic rings. The van der Waals surface area contributed by atoms with Gasteiger partial charge in [-0.1, -0.05) is 73.0 Å². The van der Waals surface area contributed by atoms with Gasteiger partial charge in [0.1, 0.15) is 33.6 Å². The fourth-order valence-corrected chi connectivity index (χ4v) is 6.87. The molecular weight excluding hydrogens is 536 g/mol. The summed E-state index contributed by atoms with van der Waals surface area (Å²) in [7, 11) is 0.898. The Hall–Kier alpha value is -4.11. The molecule has 200 valence electrons. The van der Waals surface area contributed by atoms with Crippen molar-refractivity contribution in [3.63, 3.8) is 0 Å². The predicted molar refractivity (Wildman–Crippen MR) is 149 cm³/mol. The van der Waals surface area contributed by atoms with Crippen LogP contribution in [0.1, 0.15) is 11.1 Å². The number of esters is 1. The molecule has 1 aliphatic heterocycles. The van der Waals surface area contributed by atoms with Crippen molar-refractivity contribution in [2.75, 3.05) is 7.11 Å². The van der Waals surface area contributed by atoms with Gasteiger partial charge >= 0.3 is 5.97 Å². The van der Waals surface area contributed by atoms with E-state index in [1.165, 1.54) is 0 Å². The van der Waals surface area contributed by atoms with E-state index in [-0.39, 0.29) is 24.6 Å². The topological polar surface area (TPSA) is 102 Å². The van der Waals surface area contributed by atoms with Crippen molar-refractivity contribution in [2.24, 2.45) is 0 Å². The molecule has 10 heteroatoms. The molecule has 3 unspecified atom stereocenters. The van der Waals surface area contributed by atoms with Gasteiger partial charge in [-0.3, -0.25) is 14.5 Å². The Kier molecular flexibility index (Phi) is 9.38. The molecule has 0 aliphatic carbocycles. The molecule has 0 aromatic heterocycles. The highest BCUT2D eigenvalue weighted by Crippen LogP contribution is 2.37. The normalized spacial score (nSPS) is 16.8. The number of hydrogen-bond acceptors (Lipinski definition) is 7. The summed E-state index contributed by atoms with van der Waals surface area (Å²) < 4.78 is 23.7. The second-order valence-electron chi connectivity index (χ2n) is 8.40. The minimum Gasteiger partial charge on any atom is -0.497 e. The number of benzene rings is 3. The minimum atomic E-state index is -1.59. The highest BCUT2D eigenvalue weighted by molar-refractivity contribution is 8.69. The van der Waals surface area contributed by atoms with Crippen LogP contribution < -0.4 is 10.1 Å². The van der Waals surface area contributed by atoms with Crippen LogP contribution in [0.5, 0.6) is 5.75 Å². The summed E-state index contributed by atoms with van der Waals surface area (Å²) in [5.41, 5.74) is 3.77. The largest absolute Gasteiger partial charge is 0.497 e. The first-order valence-electron chi connectivity index (χ1n) is 11.9. The first-order valence-corrected chi connectivity index (χ1v) is 14.5. The molecule has 0 bridgehead atoms. The minimum absolute atomic E-state index is 0.0545. The van der Waals surface area contributed by atoms with Crippen molar-refractivity contribution in [1.82, 2.24) is 10.2 Å². The monoisotopic (exact) mass is 562 g/mol. The van der Waals surface area contributed by atoms with E-state index in [4.69, 9.17) is 9.47 Å². The number of likely N-dealkylation sites (tertiary alicyclic amines) is 1. The maximum absolute atomic E-state index is 13.2. The summed E-state index contributed by atoms with van der Waals surface area (Å²) in [6.07, 6.45) is 0.0673. The Balaban J connectivity index is 1.49. The molecule has 3 atom stereocenters. The van der Waals surface area contributed by atoms with Crippen LogP contribution in [0.3, 0.4) is 0 Å². The summed E-state index contributed by atoms with van der Waals surface area (Å²) in [6.45, 7) is 3.51. The van der Waals surface area contributed by atoms with E-state index in [0.29, 0.717) is 16.2 Å². The van der Waals surface area contributed by atoms with Gasteiger partial charge in [0.05, 0.1) is 13.5 Å². The molecule has 3 aromatic carbocycles. The van der Waals surface area contributed by atoms with Crippen LogP contribution in [0.15, 0.2) is 108 Å². The van der Waals surface area contributed by atoms with Crippen molar-refractivity contribution in [2.45, 2.75) is 29.3 Å². The SMILES string of the molecule is C=C=C(C(=O)OCc1ccc(OC)cc1)N1C(=O)C(NC(=O)Cc2ccccc2)C1SS(=O)c1ccccc1. The number of carbonyl (C=O) groups excluding carboxylic acids is 3. The van der Waals surface area contributed by atoms with E-state index in [1.807, 2.05) is 30.3 Å². The molecule has 1 N–H and O–H groups in total. The summed E-state index contributed by atoms with van der Waals surface area (Å²) in [5, 5.41) is 1.88. The van der Waals surface area contributed by atoms with E-state index >= 15 is 0 Å². The van der Waals surface area contributed by atoms with Crippen LogP contribution in [0.4, 0.5) is 0 Å². The van der Waals surface area contributed by atoms with Crippen molar-refractivity contribution in [3.8, 4) is 5.75 Å². The van der Waals surface area contributed by atoms with Gasteiger partial charge in [0.15, 0.2) is 5.70 Å². The molecule has 8 nitrogen and oxygen atoms in total. The number of nitrogens with zero attached hydrogens (tertiary/aromatic N) is 1. The van der Waals surface area contributed by atoms with Crippen LogP contribution in [0, 0.1) is 0 Å². The molecule has 0 radical (unpaired) electrons. The Morgan fingerprint density at radius 1 is 1.00 bits per heavy atom. The van der Waals surface area contributed by atoms with E-state index in [2.05, 4.69) is 17.6 Å². The van der Waals surface area contributed by atoms with Gasteiger partial charge in [-0.05, 0) is 46.2 Å². The summed E-state index contributed by atoms with van der Waals surface area (Å²) >= 11 is 0. The average Bonchev–Trinajstić information content (AvgIpc) is 2.97. The third-order valence-electron chi connectivity index (χ3n) is 5.82. The Morgan fingerprint density at radius 2 is 1.64 bits per heavy atom. The summed E-state index contributed by atoms with van der Waals surface area (Å²) in [5.74, 6) is -1.08. The lowest BCUT2D eigenvalue weighted by Gasteiger charge is -2.45. The molecule has 1 heterocycles. The average molecular weight is 563 g/mol. The van der Waals surface area contributed by atoms with Gasteiger partial charge in [-0.2, -0.15) is 0 Å². The van der Waals surface area contributed by atoms with Gasteiger partial charge in [0.25, 0.3) is 5.91 Å². The lowest BCUT2D eigenvalue weighted by atomic mass is 10.0. The molecule has 0 spiro atoms. The molecule has 39 heavy (non-hydrogen) atoms. The van der Waals surface area contributed by atoms with E-state index in [9.17, 15) is 18.6 Å². The predicted octanol–water partition coefficient (Wildman–Crippen LogP) is 3.76. The van der Waals surface area contributed by atoms with Gasteiger partial charge in [-0.25, -0.2) is 9.00 Å². The zero-order valence-electron chi connectivity index (χ0n) is 21.1. The van der Waals surface area contributed by atoms with E-state index in [1.54, 1.807) is 61.7 Å². The zero-order valence-corrected chi connectivity index (χ0v) is 22.7.